The molecule has 0 saturated heterocycles. The first-order valence-electron chi connectivity index (χ1n) is 4.90. The summed E-state index contributed by atoms with van der Waals surface area (Å²) in [5.41, 5.74) is 2.58. The number of aromatic nitrogens is 1. The predicted octanol–water partition coefficient (Wildman–Crippen LogP) is 3.40. The van der Waals surface area contributed by atoms with Crippen molar-refractivity contribution in [2.45, 2.75) is 0 Å². The van der Waals surface area contributed by atoms with Crippen LogP contribution in [0, 0.1) is 13.9 Å². The Morgan fingerprint density at radius 2 is 2.37 bits per heavy atom. The number of halogens is 2. The Labute approximate surface area is 129 Å². The zero-order valence-corrected chi connectivity index (χ0v) is 13.0. The SMILES string of the molecule is O=[N+]([O-])c1ccc(N/N=C\c2cc(Br)c(I)o2)nc1. The van der Waals surface area contributed by atoms with E-state index in [1.807, 2.05) is 22.6 Å². The molecule has 2 aromatic heterocycles. The van der Waals surface area contributed by atoms with E-state index >= 15 is 0 Å². The van der Waals surface area contributed by atoms with Crippen LogP contribution in [0.1, 0.15) is 5.76 Å². The molecule has 9 heteroatoms. The third-order valence-electron chi connectivity index (χ3n) is 1.99. The number of nitrogens with one attached hydrogen (secondary N) is 1. The maximum Gasteiger partial charge on any atom is 0.287 e. The molecule has 0 unspecified atom stereocenters. The molecule has 98 valence electrons. The number of pyridine rings is 1. The minimum Gasteiger partial charge on any atom is -0.448 e. The van der Waals surface area contributed by atoms with Gasteiger partial charge in [-0.05, 0) is 22.0 Å². The lowest BCUT2D eigenvalue weighted by atomic mass is 10.4. The first-order chi connectivity index (χ1) is 9.06. The van der Waals surface area contributed by atoms with Gasteiger partial charge in [0.05, 0.1) is 15.6 Å². The van der Waals surface area contributed by atoms with Gasteiger partial charge in [-0.1, -0.05) is 0 Å². The Morgan fingerprint density at radius 1 is 1.58 bits per heavy atom. The minimum absolute atomic E-state index is 0.0703. The number of furan rings is 1. The van der Waals surface area contributed by atoms with Crippen molar-refractivity contribution in [3.63, 3.8) is 0 Å². The molecule has 0 aliphatic rings. The van der Waals surface area contributed by atoms with Crippen LogP contribution in [-0.4, -0.2) is 16.1 Å². The molecule has 0 radical (unpaired) electrons. The van der Waals surface area contributed by atoms with Crippen molar-refractivity contribution in [3.8, 4) is 0 Å². The highest BCUT2D eigenvalue weighted by molar-refractivity contribution is 14.1. The Hall–Kier alpha value is -1.49. The van der Waals surface area contributed by atoms with Gasteiger partial charge in [-0.25, -0.2) is 4.98 Å². The smallest absolute Gasteiger partial charge is 0.287 e. The third-order valence-corrected chi connectivity index (χ3v) is 4.13. The molecule has 0 spiro atoms. The summed E-state index contributed by atoms with van der Waals surface area (Å²) in [5, 5.41) is 14.4. The van der Waals surface area contributed by atoms with Gasteiger partial charge in [0, 0.05) is 34.7 Å². The molecule has 2 rings (SSSR count). The highest BCUT2D eigenvalue weighted by atomic mass is 127. The summed E-state index contributed by atoms with van der Waals surface area (Å²) >= 11 is 5.36. The number of hydrogen-bond donors (Lipinski definition) is 1. The van der Waals surface area contributed by atoms with Gasteiger partial charge in [0.2, 0.25) is 0 Å². The fourth-order valence-electron chi connectivity index (χ4n) is 1.15. The molecule has 0 bridgehead atoms. The monoisotopic (exact) mass is 436 g/mol. The average Bonchev–Trinajstić information content (AvgIpc) is 2.69. The number of hydrogen-bond acceptors (Lipinski definition) is 6. The van der Waals surface area contributed by atoms with Crippen molar-refractivity contribution >= 4 is 56.2 Å². The van der Waals surface area contributed by atoms with E-state index < -0.39 is 4.92 Å². The van der Waals surface area contributed by atoms with Gasteiger partial charge < -0.3 is 4.42 Å². The summed E-state index contributed by atoms with van der Waals surface area (Å²) < 4.78 is 6.92. The second-order valence-electron chi connectivity index (χ2n) is 3.30. The number of rotatable bonds is 4. The summed E-state index contributed by atoms with van der Waals surface area (Å²) in [5.74, 6) is 0.979. The molecule has 19 heavy (non-hydrogen) atoms. The van der Waals surface area contributed by atoms with Crippen LogP contribution in [-0.2, 0) is 0 Å². The van der Waals surface area contributed by atoms with Gasteiger partial charge in [-0.2, -0.15) is 5.10 Å². The Kier molecular flexibility index (Phi) is 4.47. The normalized spacial score (nSPS) is 10.8. The van der Waals surface area contributed by atoms with E-state index in [1.165, 1.54) is 18.3 Å². The fraction of sp³-hybridized carbons (Fsp3) is 0. The van der Waals surface area contributed by atoms with Crippen LogP contribution in [0.25, 0.3) is 0 Å². The standard InChI is InChI=1S/C10H6BrIN4O3/c11-8-3-7(19-10(8)12)5-14-15-9-2-1-6(4-13-9)16(17)18/h1-5H,(H,13,15)/b14-5-. The molecule has 0 atom stereocenters. The second-order valence-corrected chi connectivity index (χ2v) is 5.13. The summed E-state index contributed by atoms with van der Waals surface area (Å²) in [7, 11) is 0. The molecular formula is C10H6BrIN4O3. The number of hydrazone groups is 1. The van der Waals surface area contributed by atoms with E-state index in [0.717, 1.165) is 14.4 Å². The molecule has 2 heterocycles. The predicted molar refractivity (Wildman–Crippen MR) is 81.2 cm³/mol. The van der Waals surface area contributed by atoms with Crippen LogP contribution in [0.15, 0.2) is 38.4 Å². The lowest BCUT2D eigenvalue weighted by Gasteiger charge is -1.97. The highest BCUT2D eigenvalue weighted by Crippen LogP contribution is 2.22. The third kappa shape index (κ3) is 3.73. The van der Waals surface area contributed by atoms with E-state index in [0.29, 0.717) is 11.6 Å². The van der Waals surface area contributed by atoms with Crippen molar-refractivity contribution in [3.05, 3.63) is 48.5 Å². The molecule has 0 fully saturated rings. The summed E-state index contributed by atoms with van der Waals surface area (Å²) in [6.45, 7) is 0. The van der Waals surface area contributed by atoms with Crippen molar-refractivity contribution in [1.29, 1.82) is 0 Å². The number of nitro groups is 1. The van der Waals surface area contributed by atoms with Gasteiger partial charge in [0.1, 0.15) is 17.8 Å². The molecule has 2 aromatic rings. The van der Waals surface area contributed by atoms with Crippen molar-refractivity contribution in [1.82, 2.24) is 4.98 Å². The van der Waals surface area contributed by atoms with E-state index in [2.05, 4.69) is 31.4 Å². The van der Waals surface area contributed by atoms with E-state index in [-0.39, 0.29) is 5.69 Å². The van der Waals surface area contributed by atoms with Gasteiger partial charge in [0.15, 0.2) is 3.77 Å². The Balaban J connectivity index is 2.00. The highest BCUT2D eigenvalue weighted by Gasteiger charge is 2.05. The van der Waals surface area contributed by atoms with Crippen LogP contribution in [0.2, 0.25) is 0 Å². The summed E-state index contributed by atoms with van der Waals surface area (Å²) in [6, 6.07) is 4.59. The van der Waals surface area contributed by atoms with Crippen molar-refractivity contribution in [2.24, 2.45) is 5.10 Å². The maximum atomic E-state index is 10.4. The van der Waals surface area contributed by atoms with Crippen LogP contribution >= 0.6 is 38.5 Å². The van der Waals surface area contributed by atoms with E-state index in [4.69, 9.17) is 4.42 Å². The quantitative estimate of drug-likeness (QED) is 0.343. The van der Waals surface area contributed by atoms with Gasteiger partial charge in [-0.15, -0.1) is 0 Å². The van der Waals surface area contributed by atoms with Crippen LogP contribution in [0.3, 0.4) is 0 Å². The average molecular weight is 437 g/mol. The number of nitrogens with zero attached hydrogens (tertiary/aromatic N) is 3. The Morgan fingerprint density at radius 3 is 2.89 bits per heavy atom. The lowest BCUT2D eigenvalue weighted by molar-refractivity contribution is -0.385. The topological polar surface area (TPSA) is 93.6 Å². The second kappa shape index (κ2) is 6.10. The molecule has 0 saturated carbocycles. The van der Waals surface area contributed by atoms with Crippen LogP contribution < -0.4 is 5.43 Å². The van der Waals surface area contributed by atoms with Crippen molar-refractivity contribution in [2.75, 3.05) is 5.43 Å². The molecule has 0 aliphatic heterocycles. The molecule has 0 aromatic carbocycles. The zero-order chi connectivity index (χ0) is 13.8. The molecule has 1 N–H and O–H groups in total. The zero-order valence-electron chi connectivity index (χ0n) is 9.21. The summed E-state index contributed by atoms with van der Waals surface area (Å²) in [6.07, 6.45) is 2.64. The first kappa shape index (κ1) is 13.9. The van der Waals surface area contributed by atoms with Crippen molar-refractivity contribution < 1.29 is 9.34 Å². The maximum absolute atomic E-state index is 10.4. The molecule has 7 nitrogen and oxygen atoms in total. The minimum atomic E-state index is -0.512. The lowest BCUT2D eigenvalue weighted by Crippen LogP contribution is -1.94. The van der Waals surface area contributed by atoms with E-state index in [1.54, 1.807) is 6.07 Å². The first-order valence-corrected chi connectivity index (χ1v) is 6.78. The van der Waals surface area contributed by atoms with Crippen LogP contribution in [0.5, 0.6) is 0 Å². The fourth-order valence-corrected chi connectivity index (χ4v) is 1.87. The molecular weight excluding hydrogens is 431 g/mol. The van der Waals surface area contributed by atoms with Gasteiger partial charge in [0.25, 0.3) is 5.69 Å². The van der Waals surface area contributed by atoms with Crippen LogP contribution in [0.4, 0.5) is 11.5 Å². The summed E-state index contributed by atoms with van der Waals surface area (Å²) in [4.78, 5) is 13.8. The molecule has 0 aliphatic carbocycles. The number of anilines is 1. The largest absolute Gasteiger partial charge is 0.448 e. The molecule has 0 amide bonds. The van der Waals surface area contributed by atoms with E-state index in [9.17, 15) is 10.1 Å². The Bertz CT molecular complexity index is 607. The van der Waals surface area contributed by atoms with Gasteiger partial charge in [-0.3, -0.25) is 15.5 Å². The van der Waals surface area contributed by atoms with Gasteiger partial charge >= 0.3 is 0 Å².